The Morgan fingerprint density at radius 2 is 2.00 bits per heavy atom. The molecule has 0 aromatic carbocycles. The molecule has 1 aliphatic heterocycles. The van der Waals surface area contributed by atoms with Crippen molar-refractivity contribution in [3.63, 3.8) is 0 Å². The molecule has 1 N–H and O–H groups in total. The lowest BCUT2D eigenvalue weighted by Crippen LogP contribution is -2.52. The van der Waals surface area contributed by atoms with Gasteiger partial charge in [0.25, 0.3) is 0 Å². The summed E-state index contributed by atoms with van der Waals surface area (Å²) in [6, 6.07) is 0.429. The van der Waals surface area contributed by atoms with Crippen LogP contribution < -0.4 is 5.32 Å². The number of amides is 1. The smallest absolute Gasteiger partial charge is 0.228 e. The van der Waals surface area contributed by atoms with E-state index in [-0.39, 0.29) is 5.41 Å². The molecule has 98 valence electrons. The summed E-state index contributed by atoms with van der Waals surface area (Å²) in [6.07, 6.45) is 8.26. The zero-order valence-electron chi connectivity index (χ0n) is 11.3. The van der Waals surface area contributed by atoms with Crippen LogP contribution in [0.3, 0.4) is 0 Å². The Morgan fingerprint density at radius 3 is 2.65 bits per heavy atom. The van der Waals surface area contributed by atoms with Gasteiger partial charge < -0.3 is 10.2 Å². The van der Waals surface area contributed by atoms with Gasteiger partial charge in [0.1, 0.15) is 0 Å². The van der Waals surface area contributed by atoms with Crippen LogP contribution in [0.1, 0.15) is 51.9 Å². The highest BCUT2D eigenvalue weighted by atomic mass is 16.2. The van der Waals surface area contributed by atoms with Crippen LogP contribution in [0.15, 0.2) is 0 Å². The minimum Gasteiger partial charge on any atom is -0.338 e. The fourth-order valence-corrected chi connectivity index (χ4v) is 3.43. The van der Waals surface area contributed by atoms with Crippen LogP contribution >= 0.6 is 0 Å². The highest BCUT2D eigenvalue weighted by Gasteiger charge is 2.41. The standard InChI is InChI=1S/C14H26N2O/c1-14(8-4-5-9-14)13(17)16-10-6-3-7-12(16)11-15-2/h12,15H,3-11H2,1-2H3. The number of carbonyl (C=O) groups is 1. The van der Waals surface area contributed by atoms with Crippen molar-refractivity contribution in [2.75, 3.05) is 20.1 Å². The monoisotopic (exact) mass is 238 g/mol. The lowest BCUT2D eigenvalue weighted by Gasteiger charge is -2.40. The largest absolute Gasteiger partial charge is 0.338 e. The van der Waals surface area contributed by atoms with Gasteiger partial charge in [0, 0.05) is 24.5 Å². The van der Waals surface area contributed by atoms with E-state index in [2.05, 4.69) is 17.1 Å². The Hall–Kier alpha value is -0.570. The van der Waals surface area contributed by atoms with E-state index in [4.69, 9.17) is 0 Å². The summed E-state index contributed by atoms with van der Waals surface area (Å²) in [5.74, 6) is 0.426. The molecule has 1 saturated carbocycles. The fraction of sp³-hybridized carbons (Fsp3) is 0.929. The molecule has 0 spiro atoms. The van der Waals surface area contributed by atoms with Crippen molar-refractivity contribution in [2.24, 2.45) is 5.41 Å². The van der Waals surface area contributed by atoms with Crippen LogP contribution in [0, 0.1) is 5.41 Å². The highest BCUT2D eigenvalue weighted by molar-refractivity contribution is 5.83. The third-order valence-electron chi connectivity index (χ3n) is 4.55. The molecule has 0 radical (unpaired) electrons. The summed E-state index contributed by atoms with van der Waals surface area (Å²) in [4.78, 5) is 14.9. The molecular weight excluding hydrogens is 212 g/mol. The Morgan fingerprint density at radius 1 is 1.29 bits per heavy atom. The molecule has 1 saturated heterocycles. The molecule has 17 heavy (non-hydrogen) atoms. The highest BCUT2D eigenvalue weighted by Crippen LogP contribution is 2.40. The molecule has 1 aliphatic carbocycles. The van der Waals surface area contributed by atoms with E-state index in [0.717, 1.165) is 25.9 Å². The van der Waals surface area contributed by atoms with Crippen LogP contribution in [0.2, 0.25) is 0 Å². The van der Waals surface area contributed by atoms with Gasteiger partial charge in [-0.1, -0.05) is 19.8 Å². The second kappa shape index (κ2) is 5.38. The quantitative estimate of drug-likeness (QED) is 0.817. The number of likely N-dealkylation sites (N-methyl/N-ethyl adjacent to an activating group) is 1. The molecule has 2 rings (SSSR count). The van der Waals surface area contributed by atoms with Crippen molar-refractivity contribution in [1.82, 2.24) is 10.2 Å². The fourth-order valence-electron chi connectivity index (χ4n) is 3.43. The number of nitrogens with one attached hydrogen (secondary N) is 1. The summed E-state index contributed by atoms with van der Waals surface area (Å²) in [6.45, 7) is 4.09. The minimum absolute atomic E-state index is 0.0523. The molecule has 1 heterocycles. The third-order valence-corrected chi connectivity index (χ3v) is 4.55. The Labute approximate surface area is 105 Å². The van der Waals surface area contributed by atoms with Gasteiger partial charge in [-0.25, -0.2) is 0 Å². The maximum absolute atomic E-state index is 12.7. The van der Waals surface area contributed by atoms with Gasteiger partial charge in [0.05, 0.1) is 0 Å². The molecule has 1 atom stereocenters. The minimum atomic E-state index is -0.0523. The lowest BCUT2D eigenvalue weighted by molar-refractivity contribution is -0.144. The van der Waals surface area contributed by atoms with Gasteiger partial charge in [-0.2, -0.15) is 0 Å². The molecule has 0 aromatic rings. The van der Waals surface area contributed by atoms with Gasteiger partial charge in [0.2, 0.25) is 5.91 Å². The van der Waals surface area contributed by atoms with Crippen molar-refractivity contribution < 1.29 is 4.79 Å². The summed E-state index contributed by atoms with van der Waals surface area (Å²) >= 11 is 0. The predicted molar refractivity (Wildman–Crippen MR) is 69.9 cm³/mol. The predicted octanol–water partition coefficient (Wildman–Crippen LogP) is 2.17. The van der Waals surface area contributed by atoms with Crippen LogP contribution in [0.5, 0.6) is 0 Å². The first-order valence-corrected chi connectivity index (χ1v) is 7.13. The lowest BCUT2D eigenvalue weighted by atomic mass is 9.85. The number of hydrogen-bond donors (Lipinski definition) is 1. The zero-order chi connectivity index (χ0) is 12.3. The normalized spacial score (nSPS) is 28.4. The molecule has 3 nitrogen and oxygen atoms in total. The number of carbonyl (C=O) groups excluding carboxylic acids is 1. The van der Waals surface area contributed by atoms with E-state index in [9.17, 15) is 4.79 Å². The van der Waals surface area contributed by atoms with Gasteiger partial charge in [-0.05, 0) is 39.2 Å². The molecule has 0 aromatic heterocycles. The van der Waals surface area contributed by atoms with E-state index in [1.807, 2.05) is 7.05 Å². The Balaban J connectivity index is 2.05. The van der Waals surface area contributed by atoms with E-state index in [1.165, 1.54) is 32.1 Å². The van der Waals surface area contributed by atoms with E-state index >= 15 is 0 Å². The SMILES string of the molecule is CNCC1CCCCN1C(=O)C1(C)CCCC1. The molecule has 1 amide bonds. The van der Waals surface area contributed by atoms with E-state index < -0.39 is 0 Å². The number of nitrogens with zero attached hydrogens (tertiary/aromatic N) is 1. The summed E-state index contributed by atoms with van der Waals surface area (Å²) in [5, 5.41) is 3.23. The van der Waals surface area contributed by atoms with Crippen LogP contribution in [-0.2, 0) is 4.79 Å². The molecule has 2 fully saturated rings. The third kappa shape index (κ3) is 2.65. The molecular formula is C14H26N2O. The Kier molecular flexibility index (Phi) is 4.08. The first-order chi connectivity index (χ1) is 8.17. The van der Waals surface area contributed by atoms with Crippen LogP contribution in [0.4, 0.5) is 0 Å². The maximum Gasteiger partial charge on any atom is 0.228 e. The van der Waals surface area contributed by atoms with Crippen molar-refractivity contribution >= 4 is 5.91 Å². The van der Waals surface area contributed by atoms with Crippen molar-refractivity contribution in [3.05, 3.63) is 0 Å². The van der Waals surface area contributed by atoms with Crippen molar-refractivity contribution in [2.45, 2.75) is 57.9 Å². The second-order valence-corrected chi connectivity index (χ2v) is 5.97. The molecule has 0 bridgehead atoms. The topological polar surface area (TPSA) is 32.3 Å². The number of piperidine rings is 1. The van der Waals surface area contributed by atoms with Gasteiger partial charge in [-0.3, -0.25) is 4.79 Å². The van der Waals surface area contributed by atoms with E-state index in [1.54, 1.807) is 0 Å². The van der Waals surface area contributed by atoms with Gasteiger partial charge >= 0.3 is 0 Å². The number of likely N-dealkylation sites (tertiary alicyclic amines) is 1. The molecule has 3 heteroatoms. The van der Waals surface area contributed by atoms with Gasteiger partial charge in [-0.15, -0.1) is 0 Å². The first-order valence-electron chi connectivity index (χ1n) is 7.13. The number of hydrogen-bond acceptors (Lipinski definition) is 2. The zero-order valence-corrected chi connectivity index (χ0v) is 11.3. The number of rotatable bonds is 3. The Bertz CT molecular complexity index is 269. The average Bonchev–Trinajstić information content (AvgIpc) is 2.78. The first kappa shape index (κ1) is 12.9. The van der Waals surface area contributed by atoms with Crippen LogP contribution in [0.25, 0.3) is 0 Å². The van der Waals surface area contributed by atoms with Gasteiger partial charge in [0.15, 0.2) is 0 Å². The maximum atomic E-state index is 12.7. The van der Waals surface area contributed by atoms with E-state index in [0.29, 0.717) is 11.9 Å². The summed E-state index contributed by atoms with van der Waals surface area (Å²) < 4.78 is 0. The molecule has 2 aliphatic rings. The summed E-state index contributed by atoms with van der Waals surface area (Å²) in [5.41, 5.74) is -0.0523. The van der Waals surface area contributed by atoms with Crippen molar-refractivity contribution in [3.8, 4) is 0 Å². The summed E-state index contributed by atoms with van der Waals surface area (Å²) in [7, 11) is 1.98. The second-order valence-electron chi connectivity index (χ2n) is 5.97. The molecule has 1 unspecified atom stereocenters. The van der Waals surface area contributed by atoms with Crippen LogP contribution in [-0.4, -0.2) is 37.0 Å². The average molecular weight is 238 g/mol. The van der Waals surface area contributed by atoms with Crippen molar-refractivity contribution in [1.29, 1.82) is 0 Å².